The van der Waals surface area contributed by atoms with Crippen molar-refractivity contribution in [3.63, 3.8) is 0 Å². The maximum atomic E-state index is 13.1. The fourth-order valence-corrected chi connectivity index (χ4v) is 3.97. The summed E-state index contributed by atoms with van der Waals surface area (Å²) in [6.07, 6.45) is 8.73. The summed E-state index contributed by atoms with van der Waals surface area (Å²) in [5.74, 6) is 0.336. The van der Waals surface area contributed by atoms with E-state index in [9.17, 15) is 9.59 Å². The molecule has 1 aromatic heterocycles. The molecule has 1 aromatic rings. The average Bonchev–Trinajstić information content (AvgIpc) is 2.76. The summed E-state index contributed by atoms with van der Waals surface area (Å²) in [7, 11) is 0. The Labute approximate surface area is 149 Å². The van der Waals surface area contributed by atoms with E-state index in [0.29, 0.717) is 13.1 Å². The molecule has 0 radical (unpaired) electrons. The van der Waals surface area contributed by atoms with Crippen LogP contribution in [-0.2, 0) is 16.1 Å². The molecule has 3 rings (SSSR count). The lowest BCUT2D eigenvalue weighted by Crippen LogP contribution is -2.36. The van der Waals surface area contributed by atoms with Crippen molar-refractivity contribution in [2.45, 2.75) is 46.1 Å². The van der Waals surface area contributed by atoms with Crippen LogP contribution in [0.1, 0.15) is 45.1 Å². The van der Waals surface area contributed by atoms with Crippen molar-refractivity contribution in [3.05, 3.63) is 41.7 Å². The van der Waals surface area contributed by atoms with Gasteiger partial charge in [0.2, 0.25) is 11.8 Å². The first-order valence-corrected chi connectivity index (χ1v) is 9.12. The number of nitrogens with zero attached hydrogens (tertiary/aromatic N) is 3. The summed E-state index contributed by atoms with van der Waals surface area (Å²) in [5.41, 5.74) is 1.81. The van der Waals surface area contributed by atoms with Gasteiger partial charge in [0.05, 0.1) is 5.41 Å². The van der Waals surface area contributed by atoms with E-state index < -0.39 is 0 Å². The largest absolute Gasteiger partial charge is 0.339 e. The Morgan fingerprint density at radius 2 is 2.04 bits per heavy atom. The number of aromatic nitrogens is 1. The van der Waals surface area contributed by atoms with Crippen molar-refractivity contribution < 1.29 is 9.59 Å². The van der Waals surface area contributed by atoms with E-state index in [2.05, 4.69) is 4.98 Å². The molecule has 1 spiro atoms. The van der Waals surface area contributed by atoms with Crippen LogP contribution in [0.4, 0.5) is 0 Å². The summed E-state index contributed by atoms with van der Waals surface area (Å²) in [6, 6.07) is 3.92. The zero-order valence-electron chi connectivity index (χ0n) is 15.2. The molecule has 1 unspecified atom stereocenters. The topological polar surface area (TPSA) is 53.5 Å². The average molecular weight is 341 g/mol. The first-order chi connectivity index (χ1) is 12.0. The molecular weight excluding hydrogens is 314 g/mol. The second-order valence-corrected chi connectivity index (χ2v) is 7.52. The number of pyridine rings is 1. The van der Waals surface area contributed by atoms with Crippen LogP contribution in [0.25, 0.3) is 0 Å². The van der Waals surface area contributed by atoms with Gasteiger partial charge in [-0.3, -0.25) is 14.6 Å². The first-order valence-electron chi connectivity index (χ1n) is 9.12. The number of likely N-dealkylation sites (tertiary alicyclic amines) is 2. The number of allylic oxidation sites excluding steroid dienone is 1. The Hall–Kier alpha value is -2.17. The highest BCUT2D eigenvalue weighted by molar-refractivity contribution is 5.88. The number of rotatable bonds is 3. The molecule has 0 N–H and O–H groups in total. The highest BCUT2D eigenvalue weighted by Crippen LogP contribution is 2.42. The van der Waals surface area contributed by atoms with E-state index in [1.807, 2.05) is 42.0 Å². The third kappa shape index (κ3) is 3.91. The quantitative estimate of drug-likeness (QED) is 0.795. The lowest BCUT2D eigenvalue weighted by atomic mass is 9.79. The Balaban J connectivity index is 1.66. The number of carbonyl (C=O) groups is 2. The van der Waals surface area contributed by atoms with Crippen LogP contribution >= 0.6 is 0 Å². The molecule has 0 aliphatic carbocycles. The van der Waals surface area contributed by atoms with Gasteiger partial charge in [-0.1, -0.05) is 11.6 Å². The van der Waals surface area contributed by atoms with E-state index in [-0.39, 0.29) is 17.2 Å². The normalized spacial score (nSPS) is 23.7. The van der Waals surface area contributed by atoms with Crippen molar-refractivity contribution in [1.82, 2.24) is 14.8 Å². The monoisotopic (exact) mass is 341 g/mol. The third-order valence-corrected chi connectivity index (χ3v) is 5.36. The summed E-state index contributed by atoms with van der Waals surface area (Å²) in [4.78, 5) is 33.4. The molecule has 134 valence electrons. The molecule has 2 aliphatic rings. The minimum absolute atomic E-state index is 0.0784. The second kappa shape index (κ2) is 7.38. The standard InChI is InChI=1S/C20H27N3O2/c1-16(2)13-18(24)22-10-4-6-20(7-11-22)8-12-23(19(20)25)15-17-5-3-9-21-14-17/h3,5,9,13-14H,4,6-8,10-12,15H2,1-2H3. The van der Waals surface area contributed by atoms with E-state index in [0.717, 1.165) is 49.9 Å². The van der Waals surface area contributed by atoms with Crippen LogP contribution in [0.15, 0.2) is 36.2 Å². The van der Waals surface area contributed by atoms with Gasteiger partial charge in [-0.15, -0.1) is 0 Å². The van der Waals surface area contributed by atoms with Crippen LogP contribution in [0.2, 0.25) is 0 Å². The van der Waals surface area contributed by atoms with E-state index in [4.69, 9.17) is 0 Å². The second-order valence-electron chi connectivity index (χ2n) is 7.52. The summed E-state index contributed by atoms with van der Waals surface area (Å²) >= 11 is 0. The van der Waals surface area contributed by atoms with Crippen molar-refractivity contribution in [2.75, 3.05) is 19.6 Å². The SMILES string of the molecule is CC(C)=CC(=O)N1CCCC2(CC1)CCN(Cc1cccnc1)C2=O. The van der Waals surface area contributed by atoms with Crippen molar-refractivity contribution >= 4 is 11.8 Å². The Morgan fingerprint density at radius 3 is 2.76 bits per heavy atom. The minimum Gasteiger partial charge on any atom is -0.339 e. The van der Waals surface area contributed by atoms with Gasteiger partial charge in [0.1, 0.15) is 0 Å². The predicted molar refractivity (Wildman–Crippen MR) is 96.6 cm³/mol. The van der Waals surface area contributed by atoms with Gasteiger partial charge in [0, 0.05) is 44.6 Å². The lowest BCUT2D eigenvalue weighted by Gasteiger charge is -2.26. The number of amides is 2. The number of hydrogen-bond donors (Lipinski definition) is 0. The predicted octanol–water partition coefficient (Wildman–Crippen LogP) is 2.78. The zero-order chi connectivity index (χ0) is 17.9. The molecular formula is C20H27N3O2. The van der Waals surface area contributed by atoms with E-state index in [1.165, 1.54) is 0 Å². The molecule has 25 heavy (non-hydrogen) atoms. The first kappa shape index (κ1) is 17.6. The molecule has 0 aromatic carbocycles. The van der Waals surface area contributed by atoms with Gasteiger partial charge in [-0.05, 0) is 51.2 Å². The Morgan fingerprint density at radius 1 is 1.24 bits per heavy atom. The van der Waals surface area contributed by atoms with Crippen LogP contribution in [0.3, 0.4) is 0 Å². The zero-order valence-corrected chi connectivity index (χ0v) is 15.2. The highest BCUT2D eigenvalue weighted by Gasteiger charge is 2.47. The van der Waals surface area contributed by atoms with Crippen LogP contribution in [-0.4, -0.2) is 46.2 Å². The molecule has 2 aliphatic heterocycles. The summed E-state index contributed by atoms with van der Waals surface area (Å²) in [6.45, 7) is 6.74. The van der Waals surface area contributed by atoms with Gasteiger partial charge < -0.3 is 9.80 Å². The molecule has 1 atom stereocenters. The van der Waals surface area contributed by atoms with Crippen molar-refractivity contribution in [2.24, 2.45) is 5.41 Å². The van der Waals surface area contributed by atoms with Gasteiger partial charge in [0.25, 0.3) is 0 Å². The molecule has 3 heterocycles. The highest BCUT2D eigenvalue weighted by atomic mass is 16.2. The maximum Gasteiger partial charge on any atom is 0.246 e. The fraction of sp³-hybridized carbons (Fsp3) is 0.550. The van der Waals surface area contributed by atoms with E-state index in [1.54, 1.807) is 12.3 Å². The summed E-state index contributed by atoms with van der Waals surface area (Å²) in [5, 5.41) is 0. The molecule has 5 nitrogen and oxygen atoms in total. The van der Waals surface area contributed by atoms with E-state index >= 15 is 0 Å². The summed E-state index contributed by atoms with van der Waals surface area (Å²) < 4.78 is 0. The molecule has 2 fully saturated rings. The van der Waals surface area contributed by atoms with Crippen molar-refractivity contribution in [1.29, 1.82) is 0 Å². The van der Waals surface area contributed by atoms with Crippen molar-refractivity contribution in [3.8, 4) is 0 Å². The van der Waals surface area contributed by atoms with Crippen LogP contribution in [0, 0.1) is 5.41 Å². The fourth-order valence-electron chi connectivity index (χ4n) is 3.97. The molecule has 5 heteroatoms. The van der Waals surface area contributed by atoms with Crippen LogP contribution in [0.5, 0.6) is 0 Å². The molecule has 0 bridgehead atoms. The van der Waals surface area contributed by atoms with Gasteiger partial charge in [-0.2, -0.15) is 0 Å². The number of hydrogen-bond acceptors (Lipinski definition) is 3. The Kier molecular flexibility index (Phi) is 5.21. The minimum atomic E-state index is -0.276. The van der Waals surface area contributed by atoms with Gasteiger partial charge >= 0.3 is 0 Å². The van der Waals surface area contributed by atoms with Gasteiger partial charge in [-0.25, -0.2) is 0 Å². The smallest absolute Gasteiger partial charge is 0.246 e. The van der Waals surface area contributed by atoms with Gasteiger partial charge in [0.15, 0.2) is 0 Å². The maximum absolute atomic E-state index is 13.1. The van der Waals surface area contributed by atoms with Crippen LogP contribution < -0.4 is 0 Å². The molecule has 2 amide bonds. The number of carbonyl (C=O) groups excluding carboxylic acids is 2. The molecule has 0 saturated carbocycles. The lowest BCUT2D eigenvalue weighted by molar-refractivity contribution is -0.137. The molecule has 2 saturated heterocycles. The Bertz CT molecular complexity index is 667. The third-order valence-electron chi connectivity index (χ3n) is 5.36.